The Morgan fingerprint density at radius 2 is 1.55 bits per heavy atom. The Kier molecular flexibility index (Phi) is 3.95. The van der Waals surface area contributed by atoms with E-state index in [1.807, 2.05) is 60.7 Å². The van der Waals surface area contributed by atoms with Gasteiger partial charge in [-0.15, -0.1) is 0 Å². The minimum absolute atomic E-state index is 0.447. The number of pyridine rings is 2. The van der Waals surface area contributed by atoms with Crippen LogP contribution in [0.2, 0.25) is 0 Å². The summed E-state index contributed by atoms with van der Waals surface area (Å²) in [5.41, 5.74) is 10.4. The van der Waals surface area contributed by atoms with E-state index in [-0.39, 0.29) is 0 Å². The second-order valence-electron chi connectivity index (χ2n) is 6.91. The van der Waals surface area contributed by atoms with E-state index in [9.17, 15) is 4.39 Å². The highest BCUT2D eigenvalue weighted by Gasteiger charge is 2.42. The number of hydrogen-bond donors (Lipinski definition) is 1. The van der Waals surface area contributed by atoms with Crippen LogP contribution in [-0.4, -0.2) is 15.8 Å². The molecule has 0 saturated heterocycles. The van der Waals surface area contributed by atoms with Gasteiger partial charge in [-0.3, -0.25) is 4.98 Å². The first-order valence-corrected chi connectivity index (χ1v) is 9.27. The van der Waals surface area contributed by atoms with Crippen LogP contribution in [0.5, 0.6) is 0 Å². The monoisotopic (exact) mass is 380 g/mol. The van der Waals surface area contributed by atoms with E-state index in [1.165, 1.54) is 6.20 Å². The van der Waals surface area contributed by atoms with Gasteiger partial charge in [0.25, 0.3) is 0 Å². The molecule has 1 unspecified atom stereocenters. The Morgan fingerprint density at radius 1 is 0.759 bits per heavy atom. The van der Waals surface area contributed by atoms with Crippen LogP contribution in [0.25, 0.3) is 11.1 Å². The third-order valence-corrected chi connectivity index (χ3v) is 5.33. The number of fused-ring (bicyclic) bond motifs is 1. The maximum Gasteiger partial charge on any atom is 0.220 e. The molecule has 1 aliphatic heterocycles. The first kappa shape index (κ1) is 17.3. The van der Waals surface area contributed by atoms with Crippen LogP contribution in [0.4, 0.5) is 4.39 Å². The van der Waals surface area contributed by atoms with Gasteiger partial charge in [0.05, 0.1) is 0 Å². The molecular weight excluding hydrogens is 363 g/mol. The van der Waals surface area contributed by atoms with Crippen molar-refractivity contribution in [3.63, 3.8) is 0 Å². The fourth-order valence-electron chi connectivity index (χ4n) is 4.04. The number of hydrogen-bond acceptors (Lipinski definition) is 4. The number of benzene rings is 2. The fourth-order valence-corrected chi connectivity index (χ4v) is 4.04. The fraction of sp³-hybridized carbons (Fsp3) is 0.0417. The van der Waals surface area contributed by atoms with Crippen molar-refractivity contribution in [1.82, 2.24) is 9.97 Å². The molecule has 5 rings (SSSR count). The lowest BCUT2D eigenvalue weighted by atomic mass is 9.77. The highest BCUT2D eigenvalue weighted by Crippen LogP contribution is 2.46. The molecule has 2 N–H and O–H groups in total. The lowest BCUT2D eigenvalue weighted by Gasteiger charge is -2.29. The lowest BCUT2D eigenvalue weighted by molar-refractivity contribution is 0.587. The van der Waals surface area contributed by atoms with Crippen molar-refractivity contribution in [3.05, 3.63) is 120 Å². The van der Waals surface area contributed by atoms with Crippen molar-refractivity contribution >= 4 is 5.84 Å². The van der Waals surface area contributed by atoms with Gasteiger partial charge in [-0.1, -0.05) is 42.5 Å². The summed E-state index contributed by atoms with van der Waals surface area (Å²) in [5.74, 6) is -0.0205. The topological polar surface area (TPSA) is 64.2 Å². The molecular formula is C24H17FN4. The van der Waals surface area contributed by atoms with Gasteiger partial charge in [0.15, 0.2) is 0 Å². The molecule has 1 atom stereocenters. The van der Waals surface area contributed by atoms with E-state index in [4.69, 9.17) is 10.7 Å². The van der Waals surface area contributed by atoms with Crippen LogP contribution in [0.15, 0.2) is 96.4 Å². The van der Waals surface area contributed by atoms with Gasteiger partial charge in [0.1, 0.15) is 11.4 Å². The predicted octanol–water partition coefficient (Wildman–Crippen LogP) is 4.29. The lowest BCUT2D eigenvalue weighted by Crippen LogP contribution is -2.25. The normalized spacial score (nSPS) is 17.6. The summed E-state index contributed by atoms with van der Waals surface area (Å²) in [4.78, 5) is 12.9. The predicted molar refractivity (Wildman–Crippen MR) is 111 cm³/mol. The molecule has 29 heavy (non-hydrogen) atoms. The first-order valence-electron chi connectivity index (χ1n) is 9.27. The molecule has 0 fully saturated rings. The first-order chi connectivity index (χ1) is 14.2. The highest BCUT2D eigenvalue weighted by atomic mass is 19.1. The summed E-state index contributed by atoms with van der Waals surface area (Å²) in [5, 5.41) is 0. The van der Waals surface area contributed by atoms with Crippen molar-refractivity contribution in [2.75, 3.05) is 0 Å². The van der Waals surface area contributed by atoms with Crippen molar-refractivity contribution in [3.8, 4) is 11.1 Å². The minimum Gasteiger partial charge on any atom is -0.383 e. The van der Waals surface area contributed by atoms with Gasteiger partial charge in [0, 0.05) is 29.7 Å². The number of nitrogens with two attached hydrogens (primary N) is 1. The average molecular weight is 380 g/mol. The summed E-state index contributed by atoms with van der Waals surface area (Å²) in [7, 11) is 0. The smallest absolute Gasteiger partial charge is 0.220 e. The van der Waals surface area contributed by atoms with Gasteiger partial charge in [-0.2, -0.15) is 4.39 Å². The summed E-state index contributed by atoms with van der Waals surface area (Å²) in [6.45, 7) is 0. The SMILES string of the molecule is NC1=NC(c2ccncc2)(c2cccc(-c3cccnc3F)c2)c2ccccc21. The Labute approximate surface area is 167 Å². The maximum atomic E-state index is 14.3. The van der Waals surface area contributed by atoms with Crippen LogP contribution in [0, 0.1) is 5.95 Å². The Morgan fingerprint density at radius 3 is 2.38 bits per heavy atom. The number of rotatable bonds is 3. The van der Waals surface area contributed by atoms with E-state index >= 15 is 0 Å². The molecule has 0 spiro atoms. The van der Waals surface area contributed by atoms with Crippen LogP contribution in [0.3, 0.4) is 0 Å². The minimum atomic E-state index is -0.821. The molecule has 2 aromatic carbocycles. The second-order valence-corrected chi connectivity index (χ2v) is 6.91. The van der Waals surface area contributed by atoms with Gasteiger partial charge in [-0.25, -0.2) is 9.98 Å². The molecule has 2 aromatic heterocycles. The molecule has 0 amide bonds. The summed E-state index contributed by atoms with van der Waals surface area (Å²) in [6, 6.07) is 23.0. The van der Waals surface area contributed by atoms with Crippen LogP contribution in [0.1, 0.15) is 22.3 Å². The van der Waals surface area contributed by atoms with Crippen LogP contribution >= 0.6 is 0 Å². The van der Waals surface area contributed by atoms with E-state index < -0.39 is 11.5 Å². The number of amidine groups is 1. The van der Waals surface area contributed by atoms with Gasteiger partial charge in [0.2, 0.25) is 5.95 Å². The van der Waals surface area contributed by atoms with Gasteiger partial charge in [-0.05, 0) is 52.6 Å². The number of nitrogens with zero attached hydrogens (tertiary/aromatic N) is 3. The van der Waals surface area contributed by atoms with Crippen molar-refractivity contribution < 1.29 is 4.39 Å². The molecule has 0 radical (unpaired) electrons. The van der Waals surface area contributed by atoms with Crippen LogP contribution < -0.4 is 5.73 Å². The summed E-state index contributed by atoms with van der Waals surface area (Å²) in [6.07, 6.45) is 4.93. The number of aromatic nitrogens is 2. The average Bonchev–Trinajstić information content (AvgIpc) is 3.09. The standard InChI is InChI=1S/C24H17FN4/c25-22-19(8-4-12-28-22)16-5-3-6-18(15-16)24(17-10-13-27-14-11-17)21-9-2-1-7-20(21)23(26)29-24/h1-15H,(H2,26,29). The number of halogens is 1. The third kappa shape index (κ3) is 2.63. The largest absolute Gasteiger partial charge is 0.383 e. The quantitative estimate of drug-likeness (QED) is 0.539. The van der Waals surface area contributed by atoms with Gasteiger partial charge >= 0.3 is 0 Å². The number of aliphatic imine (C=N–C) groups is 1. The van der Waals surface area contributed by atoms with E-state index in [0.717, 1.165) is 27.8 Å². The Hall–Kier alpha value is -3.86. The molecule has 0 bridgehead atoms. The molecule has 4 aromatic rings. The summed E-state index contributed by atoms with van der Waals surface area (Å²) < 4.78 is 14.3. The van der Waals surface area contributed by atoms with Crippen molar-refractivity contribution in [1.29, 1.82) is 0 Å². The molecule has 0 aliphatic carbocycles. The van der Waals surface area contributed by atoms with E-state index in [0.29, 0.717) is 11.4 Å². The zero-order chi connectivity index (χ0) is 19.8. The van der Waals surface area contributed by atoms with E-state index in [2.05, 4.69) is 9.97 Å². The zero-order valence-electron chi connectivity index (χ0n) is 15.5. The van der Waals surface area contributed by atoms with Crippen molar-refractivity contribution in [2.24, 2.45) is 10.7 Å². The second kappa shape index (κ2) is 6.63. The zero-order valence-corrected chi connectivity index (χ0v) is 15.5. The molecule has 4 nitrogen and oxygen atoms in total. The maximum absolute atomic E-state index is 14.3. The molecule has 140 valence electrons. The van der Waals surface area contributed by atoms with E-state index in [1.54, 1.807) is 24.5 Å². The Balaban J connectivity index is 1.80. The Bertz CT molecular complexity index is 1240. The molecule has 5 heteroatoms. The van der Waals surface area contributed by atoms with Crippen LogP contribution in [-0.2, 0) is 5.54 Å². The molecule has 3 heterocycles. The van der Waals surface area contributed by atoms with Crippen molar-refractivity contribution in [2.45, 2.75) is 5.54 Å². The van der Waals surface area contributed by atoms with Gasteiger partial charge < -0.3 is 5.73 Å². The molecule has 1 aliphatic rings. The molecule has 0 saturated carbocycles. The third-order valence-electron chi connectivity index (χ3n) is 5.33. The summed E-state index contributed by atoms with van der Waals surface area (Å²) >= 11 is 0. The highest BCUT2D eigenvalue weighted by molar-refractivity contribution is 6.03.